The van der Waals surface area contributed by atoms with E-state index in [0.717, 1.165) is 27.3 Å². The molecule has 5 heteroatoms. The van der Waals surface area contributed by atoms with E-state index in [1.807, 2.05) is 30.3 Å². The Kier molecular flexibility index (Phi) is 3.43. The number of hydrogen-bond acceptors (Lipinski definition) is 3. The van der Waals surface area contributed by atoms with Gasteiger partial charge in [-0.15, -0.1) is 6.58 Å². The third-order valence-corrected chi connectivity index (χ3v) is 4.28. The van der Waals surface area contributed by atoms with Gasteiger partial charge in [0, 0.05) is 22.4 Å². The zero-order valence-electron chi connectivity index (χ0n) is 10.7. The van der Waals surface area contributed by atoms with E-state index in [9.17, 15) is 4.21 Å². The maximum absolute atomic E-state index is 11.8. The van der Waals surface area contributed by atoms with Gasteiger partial charge in [-0.2, -0.15) is 0 Å². The molecule has 3 aromatic rings. The highest BCUT2D eigenvalue weighted by Gasteiger charge is 2.06. The number of H-pyrrole nitrogens is 1. The first kappa shape index (κ1) is 12.7. The lowest BCUT2D eigenvalue weighted by Crippen LogP contribution is -1.94. The van der Waals surface area contributed by atoms with Crippen LogP contribution in [0.4, 0.5) is 0 Å². The molecule has 2 heterocycles. The predicted octanol–water partition coefficient (Wildman–Crippen LogP) is 2.92. The first-order valence-corrected chi connectivity index (χ1v) is 7.49. The third-order valence-electron chi connectivity index (χ3n) is 2.94. The van der Waals surface area contributed by atoms with Crippen molar-refractivity contribution >= 4 is 21.8 Å². The SMILES string of the molecule is C=CCS(=O)c1ccc(-c2nc3ccncc3[nH]2)cc1. The van der Waals surface area contributed by atoms with Crippen molar-refractivity contribution in [3.05, 3.63) is 55.4 Å². The van der Waals surface area contributed by atoms with Crippen LogP contribution in [0.25, 0.3) is 22.4 Å². The second kappa shape index (κ2) is 5.38. The highest BCUT2D eigenvalue weighted by Crippen LogP contribution is 2.21. The number of rotatable bonds is 4. The maximum atomic E-state index is 11.8. The standard InChI is InChI=1S/C15H13N3OS/c1-2-9-20(19)12-5-3-11(4-6-12)15-17-13-7-8-16-10-14(13)18-15/h2-8,10H,1,9H2,(H,17,18). The maximum Gasteiger partial charge on any atom is 0.138 e. The van der Waals surface area contributed by atoms with Gasteiger partial charge in [-0.05, 0) is 18.2 Å². The Balaban J connectivity index is 1.94. The van der Waals surface area contributed by atoms with Crippen LogP contribution in [-0.4, -0.2) is 24.9 Å². The fourth-order valence-electron chi connectivity index (χ4n) is 1.96. The summed E-state index contributed by atoms with van der Waals surface area (Å²) < 4.78 is 11.8. The molecular formula is C15H13N3OS. The van der Waals surface area contributed by atoms with E-state index < -0.39 is 10.8 Å². The van der Waals surface area contributed by atoms with Gasteiger partial charge < -0.3 is 4.98 Å². The van der Waals surface area contributed by atoms with Gasteiger partial charge in [0.05, 0.1) is 28.0 Å². The lowest BCUT2D eigenvalue weighted by molar-refractivity contribution is 0.685. The second-order valence-corrected chi connectivity index (χ2v) is 5.80. The molecule has 0 bridgehead atoms. The van der Waals surface area contributed by atoms with Crippen molar-refractivity contribution in [2.75, 3.05) is 5.75 Å². The van der Waals surface area contributed by atoms with E-state index in [0.29, 0.717) is 5.75 Å². The van der Waals surface area contributed by atoms with Crippen LogP contribution in [0, 0.1) is 0 Å². The average molecular weight is 283 g/mol. The smallest absolute Gasteiger partial charge is 0.138 e. The minimum Gasteiger partial charge on any atom is -0.337 e. The van der Waals surface area contributed by atoms with Gasteiger partial charge in [-0.1, -0.05) is 18.2 Å². The Labute approximate surface area is 119 Å². The van der Waals surface area contributed by atoms with Gasteiger partial charge in [0.2, 0.25) is 0 Å². The molecule has 0 aliphatic carbocycles. The van der Waals surface area contributed by atoms with Crippen LogP contribution < -0.4 is 0 Å². The number of nitrogens with one attached hydrogen (secondary N) is 1. The number of aromatic nitrogens is 3. The summed E-state index contributed by atoms with van der Waals surface area (Å²) in [5.74, 6) is 1.25. The highest BCUT2D eigenvalue weighted by molar-refractivity contribution is 7.85. The van der Waals surface area contributed by atoms with E-state index in [1.165, 1.54) is 0 Å². The quantitative estimate of drug-likeness (QED) is 0.749. The van der Waals surface area contributed by atoms with Gasteiger partial charge >= 0.3 is 0 Å². The molecule has 0 radical (unpaired) electrons. The topological polar surface area (TPSA) is 58.6 Å². The van der Waals surface area contributed by atoms with E-state index in [4.69, 9.17) is 0 Å². The molecule has 0 aliphatic rings. The molecule has 1 N–H and O–H groups in total. The summed E-state index contributed by atoms with van der Waals surface area (Å²) >= 11 is 0. The molecule has 0 saturated heterocycles. The molecule has 20 heavy (non-hydrogen) atoms. The van der Waals surface area contributed by atoms with Gasteiger partial charge in [0.25, 0.3) is 0 Å². The van der Waals surface area contributed by atoms with Crippen LogP contribution in [0.2, 0.25) is 0 Å². The van der Waals surface area contributed by atoms with Crippen molar-refractivity contribution < 1.29 is 4.21 Å². The number of imidazole rings is 1. The van der Waals surface area contributed by atoms with Crippen molar-refractivity contribution in [1.82, 2.24) is 15.0 Å². The number of pyridine rings is 1. The normalized spacial score (nSPS) is 12.4. The molecule has 0 spiro atoms. The number of benzene rings is 1. The van der Waals surface area contributed by atoms with Crippen LogP contribution in [0.1, 0.15) is 0 Å². The van der Waals surface area contributed by atoms with Crippen LogP contribution in [0.3, 0.4) is 0 Å². The Morgan fingerprint density at radius 1 is 1.25 bits per heavy atom. The second-order valence-electron chi connectivity index (χ2n) is 4.30. The molecular weight excluding hydrogens is 270 g/mol. The first-order chi connectivity index (χ1) is 9.78. The fourth-order valence-corrected chi connectivity index (χ4v) is 2.81. The van der Waals surface area contributed by atoms with Crippen LogP contribution in [0.15, 0.2) is 60.3 Å². The van der Waals surface area contributed by atoms with E-state index in [1.54, 1.807) is 18.5 Å². The van der Waals surface area contributed by atoms with Crippen molar-refractivity contribution in [3.8, 4) is 11.4 Å². The van der Waals surface area contributed by atoms with Crippen LogP contribution in [-0.2, 0) is 10.8 Å². The molecule has 1 aromatic carbocycles. The third kappa shape index (κ3) is 2.40. The Morgan fingerprint density at radius 3 is 2.75 bits per heavy atom. The average Bonchev–Trinajstić information content (AvgIpc) is 2.91. The largest absolute Gasteiger partial charge is 0.337 e. The number of hydrogen-bond donors (Lipinski definition) is 1. The Morgan fingerprint density at radius 2 is 2.05 bits per heavy atom. The molecule has 1 atom stereocenters. The zero-order chi connectivity index (χ0) is 13.9. The number of nitrogens with zero attached hydrogens (tertiary/aromatic N) is 2. The monoisotopic (exact) mass is 283 g/mol. The first-order valence-electron chi connectivity index (χ1n) is 6.17. The summed E-state index contributed by atoms with van der Waals surface area (Å²) in [4.78, 5) is 12.6. The van der Waals surface area contributed by atoms with Crippen LogP contribution in [0.5, 0.6) is 0 Å². The molecule has 0 fully saturated rings. The predicted molar refractivity (Wildman–Crippen MR) is 80.8 cm³/mol. The summed E-state index contributed by atoms with van der Waals surface area (Å²) in [7, 11) is -1.02. The zero-order valence-corrected chi connectivity index (χ0v) is 11.6. The van der Waals surface area contributed by atoms with Crippen molar-refractivity contribution in [3.63, 3.8) is 0 Å². The minimum atomic E-state index is -1.02. The van der Waals surface area contributed by atoms with Gasteiger partial charge in [-0.25, -0.2) is 4.98 Å². The lowest BCUT2D eigenvalue weighted by atomic mass is 10.2. The number of fused-ring (bicyclic) bond motifs is 1. The summed E-state index contributed by atoms with van der Waals surface area (Å²) in [6, 6.07) is 9.42. The molecule has 0 saturated carbocycles. The Hall–Kier alpha value is -2.27. The van der Waals surface area contributed by atoms with Crippen molar-refractivity contribution in [2.24, 2.45) is 0 Å². The molecule has 4 nitrogen and oxygen atoms in total. The molecule has 2 aromatic heterocycles. The summed E-state index contributed by atoms with van der Waals surface area (Å²) in [6.45, 7) is 3.60. The van der Waals surface area contributed by atoms with Gasteiger partial charge in [0.15, 0.2) is 0 Å². The van der Waals surface area contributed by atoms with Crippen molar-refractivity contribution in [2.45, 2.75) is 4.90 Å². The van der Waals surface area contributed by atoms with Crippen LogP contribution >= 0.6 is 0 Å². The molecule has 1 unspecified atom stereocenters. The summed E-state index contributed by atoms with van der Waals surface area (Å²) in [6.07, 6.45) is 5.13. The summed E-state index contributed by atoms with van der Waals surface area (Å²) in [5, 5.41) is 0. The Bertz CT molecular complexity index is 744. The number of aromatic amines is 1. The van der Waals surface area contributed by atoms with E-state index >= 15 is 0 Å². The highest BCUT2D eigenvalue weighted by atomic mass is 32.2. The molecule has 0 aliphatic heterocycles. The van der Waals surface area contributed by atoms with E-state index in [-0.39, 0.29) is 0 Å². The molecule has 100 valence electrons. The van der Waals surface area contributed by atoms with Crippen molar-refractivity contribution in [1.29, 1.82) is 0 Å². The molecule has 0 amide bonds. The summed E-state index contributed by atoms with van der Waals surface area (Å²) in [5.41, 5.74) is 2.75. The van der Waals surface area contributed by atoms with Gasteiger partial charge in [0.1, 0.15) is 5.82 Å². The van der Waals surface area contributed by atoms with E-state index in [2.05, 4.69) is 21.5 Å². The van der Waals surface area contributed by atoms with Gasteiger partial charge in [-0.3, -0.25) is 9.19 Å². The lowest BCUT2D eigenvalue weighted by Gasteiger charge is -2.01. The minimum absolute atomic E-state index is 0.468. The molecule has 3 rings (SSSR count). The fraction of sp³-hybridized carbons (Fsp3) is 0.0667.